The minimum Gasteiger partial charge on any atom is -0.341 e. The van der Waals surface area contributed by atoms with Crippen LogP contribution in [-0.4, -0.2) is 74.2 Å². The number of nitrogens with one attached hydrogen (secondary N) is 1. The lowest BCUT2D eigenvalue weighted by molar-refractivity contribution is -0.125. The molecule has 3 amide bonds. The first kappa shape index (κ1) is 32.2. The fourth-order valence-electron chi connectivity index (χ4n) is 5.33. The highest BCUT2D eigenvalue weighted by atomic mass is 19.3. The molecule has 4 aromatic rings. The lowest BCUT2D eigenvalue weighted by atomic mass is 9.96. The van der Waals surface area contributed by atoms with E-state index in [0.29, 0.717) is 30.0 Å². The topological polar surface area (TPSA) is 73.0 Å². The van der Waals surface area contributed by atoms with Gasteiger partial charge in [-0.1, -0.05) is 66.7 Å². The van der Waals surface area contributed by atoms with Crippen LogP contribution in [0.3, 0.4) is 0 Å². The predicted octanol–water partition coefficient (Wildman–Crippen LogP) is 6.70. The lowest BCUT2D eigenvalue weighted by Crippen LogP contribution is -2.33. The summed E-state index contributed by atoms with van der Waals surface area (Å²) in [5.41, 5.74) is 2.98. The SMILES string of the molecule is CN(C)CCN(C)C(=O)/C=C1/c2ccccc2N(C(=O)c2ccc(NC(=O)c3ccccc3-c3ccccc3)cc2)CCC1(F)F. The van der Waals surface area contributed by atoms with Crippen LogP contribution in [0, 0.1) is 0 Å². The van der Waals surface area contributed by atoms with E-state index in [1.165, 1.54) is 15.9 Å². The van der Waals surface area contributed by atoms with Gasteiger partial charge in [0.1, 0.15) is 0 Å². The van der Waals surface area contributed by atoms with E-state index in [2.05, 4.69) is 5.32 Å². The third-order valence-corrected chi connectivity index (χ3v) is 7.95. The molecular weight excluding hydrogens is 586 g/mol. The van der Waals surface area contributed by atoms with E-state index in [9.17, 15) is 14.4 Å². The first-order chi connectivity index (χ1) is 22.0. The Balaban J connectivity index is 1.37. The van der Waals surface area contributed by atoms with E-state index in [-0.39, 0.29) is 23.6 Å². The van der Waals surface area contributed by atoms with Gasteiger partial charge in [-0.3, -0.25) is 14.4 Å². The van der Waals surface area contributed by atoms with Crippen molar-refractivity contribution >= 4 is 34.7 Å². The van der Waals surface area contributed by atoms with Crippen molar-refractivity contribution in [2.75, 3.05) is 51.0 Å². The summed E-state index contributed by atoms with van der Waals surface area (Å²) < 4.78 is 31.2. The second-order valence-corrected chi connectivity index (χ2v) is 11.5. The number of para-hydroxylation sites is 1. The largest absolute Gasteiger partial charge is 0.341 e. The minimum atomic E-state index is -3.34. The molecular formula is C37H36F2N4O3. The summed E-state index contributed by atoms with van der Waals surface area (Å²) in [5, 5.41) is 2.89. The minimum absolute atomic E-state index is 0.133. The smallest absolute Gasteiger partial charge is 0.275 e. The Labute approximate surface area is 267 Å². The fourth-order valence-corrected chi connectivity index (χ4v) is 5.33. The van der Waals surface area contributed by atoms with Crippen molar-refractivity contribution in [2.45, 2.75) is 12.3 Å². The van der Waals surface area contributed by atoms with Crippen molar-refractivity contribution in [1.29, 1.82) is 0 Å². The zero-order valence-corrected chi connectivity index (χ0v) is 26.0. The molecule has 0 saturated heterocycles. The molecule has 0 spiro atoms. The molecule has 0 radical (unpaired) electrons. The number of hydrogen-bond acceptors (Lipinski definition) is 4. The number of benzene rings is 4. The molecule has 4 aromatic carbocycles. The zero-order valence-electron chi connectivity index (χ0n) is 26.0. The molecule has 236 valence electrons. The van der Waals surface area contributed by atoms with Crippen molar-refractivity contribution < 1.29 is 23.2 Å². The van der Waals surface area contributed by atoms with Crippen LogP contribution in [-0.2, 0) is 4.79 Å². The summed E-state index contributed by atoms with van der Waals surface area (Å²) >= 11 is 0. The van der Waals surface area contributed by atoms with E-state index in [1.807, 2.05) is 61.5 Å². The number of allylic oxidation sites excluding steroid dienone is 1. The second kappa shape index (κ2) is 13.9. The zero-order chi connectivity index (χ0) is 32.8. The van der Waals surface area contributed by atoms with Crippen LogP contribution in [0.25, 0.3) is 16.7 Å². The van der Waals surface area contributed by atoms with Gasteiger partial charge in [0.05, 0.1) is 5.69 Å². The maximum absolute atomic E-state index is 15.6. The number of rotatable bonds is 8. The van der Waals surface area contributed by atoms with Gasteiger partial charge in [0.15, 0.2) is 0 Å². The summed E-state index contributed by atoms with van der Waals surface area (Å²) in [6.07, 6.45) is 0.346. The molecule has 1 aliphatic heterocycles. The molecule has 0 aliphatic carbocycles. The van der Waals surface area contributed by atoms with Gasteiger partial charge in [0, 0.05) is 67.1 Å². The maximum atomic E-state index is 15.6. The number of likely N-dealkylation sites (N-methyl/N-ethyl adjacent to an activating group) is 2. The predicted molar refractivity (Wildman–Crippen MR) is 178 cm³/mol. The van der Waals surface area contributed by atoms with Gasteiger partial charge in [-0.15, -0.1) is 0 Å². The van der Waals surface area contributed by atoms with Gasteiger partial charge < -0.3 is 20.0 Å². The molecule has 0 atom stereocenters. The average molecular weight is 623 g/mol. The van der Waals surface area contributed by atoms with Crippen molar-refractivity contribution in [3.8, 4) is 11.1 Å². The number of hydrogen-bond donors (Lipinski definition) is 1. The molecule has 1 aliphatic rings. The van der Waals surface area contributed by atoms with Gasteiger partial charge >= 0.3 is 0 Å². The van der Waals surface area contributed by atoms with E-state index >= 15 is 8.78 Å². The van der Waals surface area contributed by atoms with Crippen molar-refractivity contribution in [2.24, 2.45) is 0 Å². The summed E-state index contributed by atoms with van der Waals surface area (Å²) in [4.78, 5) is 44.6. The molecule has 0 unspecified atom stereocenters. The Bertz CT molecular complexity index is 1750. The number of halogens is 2. The number of amides is 3. The number of anilines is 2. The van der Waals surface area contributed by atoms with Crippen LogP contribution in [0.1, 0.15) is 32.7 Å². The molecule has 5 rings (SSSR count). The normalized spacial score (nSPS) is 14.8. The number of alkyl halides is 2. The van der Waals surface area contributed by atoms with Gasteiger partial charge in [-0.2, -0.15) is 0 Å². The van der Waals surface area contributed by atoms with Crippen LogP contribution >= 0.6 is 0 Å². The van der Waals surface area contributed by atoms with Crippen molar-refractivity contribution in [3.63, 3.8) is 0 Å². The van der Waals surface area contributed by atoms with Crippen molar-refractivity contribution in [1.82, 2.24) is 9.80 Å². The van der Waals surface area contributed by atoms with Gasteiger partial charge in [-0.05, 0) is 61.6 Å². The first-order valence-electron chi connectivity index (χ1n) is 15.0. The Kier molecular flexibility index (Phi) is 9.72. The molecule has 0 bridgehead atoms. The number of fused-ring (bicyclic) bond motifs is 1. The Morgan fingerprint density at radius 1 is 0.804 bits per heavy atom. The second-order valence-electron chi connectivity index (χ2n) is 11.5. The van der Waals surface area contributed by atoms with E-state index < -0.39 is 29.7 Å². The molecule has 46 heavy (non-hydrogen) atoms. The number of carbonyl (C=O) groups is 3. The highest BCUT2D eigenvalue weighted by molar-refractivity contribution is 6.11. The molecule has 1 heterocycles. The highest BCUT2D eigenvalue weighted by Crippen LogP contribution is 2.43. The standard InChI is InChI=1S/C37H36F2N4O3/c1-41(2)23-24-42(3)34(44)25-32-31-15-9-10-16-33(31)43(22-21-37(32,38)39)36(46)27-17-19-28(20-18-27)40-35(45)30-14-8-7-13-29(30)26-11-5-4-6-12-26/h4-20,25H,21-24H2,1-3H3,(H,40,45)/b32-25-. The van der Waals surface area contributed by atoms with Crippen molar-refractivity contribution in [3.05, 3.63) is 126 Å². The summed E-state index contributed by atoms with van der Waals surface area (Å²) in [7, 11) is 5.32. The average Bonchev–Trinajstić information content (AvgIpc) is 3.17. The number of nitrogens with zero attached hydrogens (tertiary/aromatic N) is 3. The van der Waals surface area contributed by atoms with Gasteiger partial charge in [0.2, 0.25) is 5.91 Å². The quantitative estimate of drug-likeness (QED) is 0.222. The fraction of sp³-hybridized carbons (Fsp3) is 0.216. The monoisotopic (exact) mass is 622 g/mol. The Hall–Kier alpha value is -5.15. The summed E-state index contributed by atoms with van der Waals surface area (Å²) in [6.45, 7) is 0.715. The molecule has 0 aromatic heterocycles. The van der Waals surface area contributed by atoms with E-state index in [1.54, 1.807) is 61.6 Å². The third-order valence-electron chi connectivity index (χ3n) is 7.95. The van der Waals surface area contributed by atoms with E-state index in [4.69, 9.17) is 0 Å². The van der Waals surface area contributed by atoms with Crippen LogP contribution in [0.5, 0.6) is 0 Å². The maximum Gasteiger partial charge on any atom is 0.275 e. The van der Waals surface area contributed by atoms with Gasteiger partial charge in [0.25, 0.3) is 17.7 Å². The van der Waals surface area contributed by atoms with Crippen LogP contribution in [0.2, 0.25) is 0 Å². The Morgan fingerprint density at radius 3 is 2.13 bits per heavy atom. The Morgan fingerprint density at radius 2 is 1.43 bits per heavy atom. The molecule has 0 saturated carbocycles. The lowest BCUT2D eigenvalue weighted by Gasteiger charge is -2.23. The highest BCUT2D eigenvalue weighted by Gasteiger charge is 2.41. The number of carbonyl (C=O) groups excluding carboxylic acids is 3. The molecule has 9 heteroatoms. The van der Waals surface area contributed by atoms with Crippen LogP contribution in [0.4, 0.5) is 20.2 Å². The molecule has 0 fully saturated rings. The molecule has 7 nitrogen and oxygen atoms in total. The summed E-state index contributed by atoms with van der Waals surface area (Å²) in [5.74, 6) is -4.64. The van der Waals surface area contributed by atoms with E-state index in [0.717, 1.165) is 17.2 Å². The first-order valence-corrected chi connectivity index (χ1v) is 15.0. The van der Waals surface area contributed by atoms with Crippen LogP contribution < -0.4 is 10.2 Å². The molecule has 1 N–H and O–H groups in total. The summed E-state index contributed by atoms with van der Waals surface area (Å²) in [6, 6.07) is 29.7. The van der Waals surface area contributed by atoms with Crippen LogP contribution in [0.15, 0.2) is 109 Å². The third kappa shape index (κ3) is 7.21. The van der Waals surface area contributed by atoms with Gasteiger partial charge in [-0.25, -0.2) is 8.78 Å².